The fourth-order valence-electron chi connectivity index (χ4n) is 1.73. The number of benzene rings is 1. The second kappa shape index (κ2) is 7.19. The first-order valence-electron chi connectivity index (χ1n) is 6.23. The van der Waals surface area contributed by atoms with Gasteiger partial charge in [-0.1, -0.05) is 48.3 Å². The zero-order valence-electron chi connectivity index (χ0n) is 10.8. The van der Waals surface area contributed by atoms with Crippen molar-refractivity contribution in [3.63, 3.8) is 0 Å². The van der Waals surface area contributed by atoms with Crippen LogP contribution in [0.15, 0.2) is 28.7 Å². The minimum atomic E-state index is -2.75. The lowest BCUT2D eigenvalue weighted by atomic mass is 10.1. The lowest BCUT2D eigenvalue weighted by Crippen LogP contribution is -2.35. The molecule has 0 saturated carbocycles. The fourth-order valence-corrected chi connectivity index (χ4v) is 2.18. The van der Waals surface area contributed by atoms with E-state index in [9.17, 15) is 8.78 Å². The maximum atomic E-state index is 13.7. The summed E-state index contributed by atoms with van der Waals surface area (Å²) in [7, 11) is 0. The quantitative estimate of drug-likeness (QED) is 0.672. The van der Waals surface area contributed by atoms with Gasteiger partial charge in [-0.2, -0.15) is 0 Å². The Labute approximate surface area is 116 Å². The predicted octanol–water partition coefficient (Wildman–Crippen LogP) is 5.18. The maximum absolute atomic E-state index is 13.7. The van der Waals surface area contributed by atoms with E-state index in [0.717, 1.165) is 10.0 Å². The molecule has 0 amide bonds. The number of ether oxygens (including phenoxy) is 1. The lowest BCUT2D eigenvalue weighted by Gasteiger charge is -2.26. The molecule has 1 rings (SSSR count). The van der Waals surface area contributed by atoms with Crippen LogP contribution in [0.1, 0.15) is 38.7 Å². The molecule has 0 N–H and O–H groups in total. The Bertz CT molecular complexity index is 369. The number of halogens is 3. The predicted molar refractivity (Wildman–Crippen MR) is 72.9 cm³/mol. The molecular weight excluding hydrogens is 302 g/mol. The van der Waals surface area contributed by atoms with Crippen LogP contribution in [-0.2, 0) is 11.3 Å². The van der Waals surface area contributed by atoms with Gasteiger partial charge in [-0.15, -0.1) is 0 Å². The van der Waals surface area contributed by atoms with E-state index in [2.05, 4.69) is 15.9 Å². The van der Waals surface area contributed by atoms with Crippen LogP contribution in [0.4, 0.5) is 8.78 Å². The molecule has 1 aromatic rings. The first-order chi connectivity index (χ1) is 8.49. The molecule has 0 bridgehead atoms. The summed E-state index contributed by atoms with van der Waals surface area (Å²) in [6.07, 6.45) is -0.101. The number of rotatable bonds is 7. The van der Waals surface area contributed by atoms with Crippen LogP contribution < -0.4 is 0 Å². The van der Waals surface area contributed by atoms with E-state index in [4.69, 9.17) is 4.74 Å². The van der Waals surface area contributed by atoms with Gasteiger partial charge in [0.15, 0.2) is 0 Å². The molecular formula is C14H19BrF2O. The highest BCUT2D eigenvalue weighted by atomic mass is 79.9. The molecule has 4 heteroatoms. The molecule has 0 spiro atoms. The molecule has 0 fully saturated rings. The lowest BCUT2D eigenvalue weighted by molar-refractivity contribution is -0.147. The van der Waals surface area contributed by atoms with Crippen molar-refractivity contribution in [2.75, 3.05) is 0 Å². The van der Waals surface area contributed by atoms with E-state index < -0.39 is 12.0 Å². The molecule has 1 aromatic carbocycles. The second-order valence-electron chi connectivity index (χ2n) is 4.33. The molecule has 0 aliphatic heterocycles. The van der Waals surface area contributed by atoms with E-state index in [1.54, 1.807) is 0 Å². The van der Waals surface area contributed by atoms with Crippen LogP contribution in [0.2, 0.25) is 0 Å². The van der Waals surface area contributed by atoms with Crippen molar-refractivity contribution in [2.24, 2.45) is 0 Å². The highest BCUT2D eigenvalue weighted by Crippen LogP contribution is 2.29. The third-order valence-electron chi connectivity index (χ3n) is 2.83. The molecule has 0 radical (unpaired) electrons. The van der Waals surface area contributed by atoms with Crippen molar-refractivity contribution in [1.29, 1.82) is 0 Å². The maximum Gasteiger partial charge on any atom is 0.273 e. The molecule has 0 aromatic heterocycles. The normalized spacial score (nSPS) is 13.6. The number of alkyl halides is 2. The Balaban J connectivity index is 2.62. The molecule has 0 heterocycles. The Hall–Kier alpha value is -0.480. The van der Waals surface area contributed by atoms with Gasteiger partial charge in [0.1, 0.15) is 6.10 Å². The summed E-state index contributed by atoms with van der Waals surface area (Å²) in [5.41, 5.74) is 0.900. The summed E-state index contributed by atoms with van der Waals surface area (Å²) in [6.45, 7) is 3.60. The average Bonchev–Trinajstić information content (AvgIpc) is 2.34. The van der Waals surface area contributed by atoms with Crippen molar-refractivity contribution in [3.05, 3.63) is 34.3 Å². The first-order valence-corrected chi connectivity index (χ1v) is 7.02. The van der Waals surface area contributed by atoms with Crippen LogP contribution in [-0.4, -0.2) is 12.0 Å². The average molecular weight is 321 g/mol. The number of hydrogen-bond acceptors (Lipinski definition) is 1. The molecule has 1 atom stereocenters. The second-order valence-corrected chi connectivity index (χ2v) is 5.25. The van der Waals surface area contributed by atoms with Crippen LogP contribution in [0, 0.1) is 0 Å². The summed E-state index contributed by atoms with van der Waals surface area (Å²) in [4.78, 5) is 0. The van der Waals surface area contributed by atoms with Crippen LogP contribution >= 0.6 is 15.9 Å². The largest absolute Gasteiger partial charge is 0.367 e. The Morgan fingerprint density at radius 2 is 2.06 bits per heavy atom. The van der Waals surface area contributed by atoms with E-state index in [0.29, 0.717) is 12.8 Å². The molecule has 18 heavy (non-hydrogen) atoms. The summed E-state index contributed by atoms with van der Waals surface area (Å²) in [5, 5.41) is 0. The van der Waals surface area contributed by atoms with Crippen molar-refractivity contribution in [1.82, 2.24) is 0 Å². The highest BCUT2D eigenvalue weighted by molar-refractivity contribution is 9.10. The van der Waals surface area contributed by atoms with Crippen LogP contribution in [0.25, 0.3) is 0 Å². The minimum absolute atomic E-state index is 0.184. The van der Waals surface area contributed by atoms with E-state index in [1.165, 1.54) is 6.92 Å². The molecule has 102 valence electrons. The molecule has 0 saturated heterocycles. The topological polar surface area (TPSA) is 9.23 Å². The van der Waals surface area contributed by atoms with Gasteiger partial charge in [-0.05, 0) is 24.1 Å². The smallest absolute Gasteiger partial charge is 0.273 e. The van der Waals surface area contributed by atoms with Crippen LogP contribution in [0.3, 0.4) is 0 Å². The van der Waals surface area contributed by atoms with Gasteiger partial charge in [0.05, 0.1) is 6.61 Å². The zero-order chi connectivity index (χ0) is 13.6. The standard InChI is InChI=1S/C14H19BrF2O/c1-3-6-13(14(16,17)4-2)18-10-11-7-5-8-12(15)9-11/h5,7-9,13H,3-4,6,10H2,1-2H3. The van der Waals surface area contributed by atoms with Gasteiger partial charge >= 0.3 is 0 Å². The molecule has 1 nitrogen and oxygen atoms in total. The van der Waals surface area contributed by atoms with E-state index >= 15 is 0 Å². The Kier molecular flexibility index (Phi) is 6.22. The summed E-state index contributed by atoms with van der Waals surface area (Å²) < 4.78 is 33.6. The van der Waals surface area contributed by atoms with Gasteiger partial charge < -0.3 is 4.74 Å². The Morgan fingerprint density at radius 1 is 1.33 bits per heavy atom. The van der Waals surface area contributed by atoms with Crippen molar-refractivity contribution < 1.29 is 13.5 Å². The minimum Gasteiger partial charge on any atom is -0.367 e. The van der Waals surface area contributed by atoms with Gasteiger partial charge in [0.2, 0.25) is 0 Å². The SMILES string of the molecule is CCCC(OCc1cccc(Br)c1)C(F)(F)CC. The number of hydrogen-bond donors (Lipinski definition) is 0. The monoisotopic (exact) mass is 320 g/mol. The van der Waals surface area contributed by atoms with Gasteiger partial charge in [-0.25, -0.2) is 8.78 Å². The van der Waals surface area contributed by atoms with Gasteiger partial charge in [-0.3, -0.25) is 0 Å². The molecule has 0 aliphatic carbocycles. The molecule has 1 unspecified atom stereocenters. The fraction of sp³-hybridized carbons (Fsp3) is 0.571. The summed E-state index contributed by atoms with van der Waals surface area (Å²) >= 11 is 3.35. The van der Waals surface area contributed by atoms with Crippen LogP contribution in [0.5, 0.6) is 0 Å². The Morgan fingerprint density at radius 3 is 2.61 bits per heavy atom. The zero-order valence-corrected chi connectivity index (χ0v) is 12.3. The highest BCUT2D eigenvalue weighted by Gasteiger charge is 2.37. The van der Waals surface area contributed by atoms with Crippen molar-refractivity contribution in [2.45, 2.75) is 51.7 Å². The van der Waals surface area contributed by atoms with Crippen molar-refractivity contribution in [3.8, 4) is 0 Å². The van der Waals surface area contributed by atoms with E-state index in [1.807, 2.05) is 31.2 Å². The van der Waals surface area contributed by atoms with Gasteiger partial charge in [0.25, 0.3) is 5.92 Å². The van der Waals surface area contributed by atoms with Crippen molar-refractivity contribution >= 4 is 15.9 Å². The summed E-state index contributed by atoms with van der Waals surface area (Å²) in [5.74, 6) is -2.75. The summed E-state index contributed by atoms with van der Waals surface area (Å²) in [6, 6.07) is 7.52. The third kappa shape index (κ3) is 4.65. The third-order valence-corrected chi connectivity index (χ3v) is 3.33. The van der Waals surface area contributed by atoms with Gasteiger partial charge in [0, 0.05) is 10.9 Å². The first kappa shape index (κ1) is 15.6. The molecule has 0 aliphatic rings. The van der Waals surface area contributed by atoms with E-state index in [-0.39, 0.29) is 13.0 Å².